The third kappa shape index (κ3) is 42.8. The summed E-state index contributed by atoms with van der Waals surface area (Å²) in [6, 6.07) is 0. The zero-order valence-corrected chi connectivity index (χ0v) is 37.2. The van der Waals surface area contributed by atoms with Crippen molar-refractivity contribution in [1.82, 2.24) is 0 Å². The van der Waals surface area contributed by atoms with Gasteiger partial charge in [0, 0.05) is 19.3 Å². The molecule has 0 radical (unpaired) electrons. The zero-order valence-electron chi connectivity index (χ0n) is 37.2. The summed E-state index contributed by atoms with van der Waals surface area (Å²) in [6.45, 7) is 6.52. The molecule has 0 bridgehead atoms. The normalized spacial score (nSPS) is 12.3. The number of carbonyl (C=O) groups excluding carboxylic acids is 3. The van der Waals surface area contributed by atoms with Gasteiger partial charge in [-0.15, -0.1) is 0 Å². The number of carbonyl (C=O) groups is 3. The minimum atomic E-state index is -0.774. The Labute approximate surface area is 346 Å². The first-order valence-corrected chi connectivity index (χ1v) is 24.0. The molecule has 56 heavy (non-hydrogen) atoms. The standard InChI is InChI=1S/C50H90O6/c1-4-7-10-13-15-17-19-21-23-25-27-28-30-32-34-37-40-43-49(52)55-46-47(45-54-48(51)42-39-36-12-9-6-3)56-50(53)44-41-38-35-33-31-29-26-24-22-20-18-16-14-11-8-5-2/h18,20-21,23-24,26,47H,4-17,19,22,25,27-46H2,1-3H3/b20-18-,23-21-,26-24-. The number of hydrogen-bond donors (Lipinski definition) is 0. The molecule has 0 aliphatic rings. The number of hydrogen-bond acceptors (Lipinski definition) is 6. The van der Waals surface area contributed by atoms with Crippen LogP contribution in [-0.4, -0.2) is 37.2 Å². The van der Waals surface area contributed by atoms with Crippen LogP contribution in [0, 0.1) is 0 Å². The molecular weight excluding hydrogens is 697 g/mol. The topological polar surface area (TPSA) is 78.9 Å². The minimum Gasteiger partial charge on any atom is -0.462 e. The van der Waals surface area contributed by atoms with Crippen LogP contribution in [0.3, 0.4) is 0 Å². The molecule has 326 valence electrons. The van der Waals surface area contributed by atoms with Crippen LogP contribution in [0.1, 0.15) is 245 Å². The monoisotopic (exact) mass is 787 g/mol. The second-order valence-electron chi connectivity index (χ2n) is 16.0. The SMILES string of the molecule is CCCCCC/C=C\C/C=C\CCCCCCCC(=O)OC(COC(=O)CCCCCCC)COC(=O)CCCCCCCCC/C=C\CCCCCCCC. The van der Waals surface area contributed by atoms with E-state index < -0.39 is 6.10 Å². The van der Waals surface area contributed by atoms with Crippen molar-refractivity contribution in [2.75, 3.05) is 13.2 Å². The summed E-state index contributed by atoms with van der Waals surface area (Å²) < 4.78 is 16.6. The summed E-state index contributed by atoms with van der Waals surface area (Å²) >= 11 is 0. The minimum absolute atomic E-state index is 0.0793. The molecule has 1 unspecified atom stereocenters. The van der Waals surface area contributed by atoms with Crippen LogP contribution in [0.2, 0.25) is 0 Å². The summed E-state index contributed by atoms with van der Waals surface area (Å²) in [7, 11) is 0. The Morgan fingerprint density at radius 1 is 0.357 bits per heavy atom. The van der Waals surface area contributed by atoms with Crippen molar-refractivity contribution < 1.29 is 28.6 Å². The molecule has 0 aromatic carbocycles. The highest BCUT2D eigenvalue weighted by Gasteiger charge is 2.19. The summed E-state index contributed by atoms with van der Waals surface area (Å²) in [6.07, 6.45) is 51.6. The lowest BCUT2D eigenvalue weighted by Crippen LogP contribution is -2.30. The number of ether oxygens (including phenoxy) is 3. The zero-order chi connectivity index (χ0) is 40.8. The lowest BCUT2D eigenvalue weighted by molar-refractivity contribution is -0.167. The van der Waals surface area contributed by atoms with Crippen LogP contribution in [0.5, 0.6) is 0 Å². The highest BCUT2D eigenvalue weighted by atomic mass is 16.6. The second kappa shape index (κ2) is 45.3. The van der Waals surface area contributed by atoms with E-state index in [1.807, 2.05) is 0 Å². The smallest absolute Gasteiger partial charge is 0.306 e. The van der Waals surface area contributed by atoms with E-state index in [1.54, 1.807) is 0 Å². The van der Waals surface area contributed by atoms with E-state index in [1.165, 1.54) is 116 Å². The first kappa shape index (κ1) is 53.6. The Morgan fingerprint density at radius 2 is 0.643 bits per heavy atom. The van der Waals surface area contributed by atoms with Crippen molar-refractivity contribution in [1.29, 1.82) is 0 Å². The Bertz CT molecular complexity index is 953. The Balaban J connectivity index is 4.22. The average molecular weight is 787 g/mol. The van der Waals surface area contributed by atoms with Crippen LogP contribution in [0.4, 0.5) is 0 Å². The molecule has 6 heteroatoms. The van der Waals surface area contributed by atoms with Crippen molar-refractivity contribution in [3.8, 4) is 0 Å². The fourth-order valence-electron chi connectivity index (χ4n) is 6.70. The highest BCUT2D eigenvalue weighted by Crippen LogP contribution is 2.14. The van der Waals surface area contributed by atoms with Crippen molar-refractivity contribution in [2.24, 2.45) is 0 Å². The maximum Gasteiger partial charge on any atom is 0.306 e. The van der Waals surface area contributed by atoms with Crippen LogP contribution in [-0.2, 0) is 28.6 Å². The van der Waals surface area contributed by atoms with Gasteiger partial charge in [-0.25, -0.2) is 0 Å². The summed E-state index contributed by atoms with van der Waals surface area (Å²) in [4.78, 5) is 37.5. The van der Waals surface area contributed by atoms with E-state index in [-0.39, 0.29) is 31.1 Å². The largest absolute Gasteiger partial charge is 0.462 e. The number of rotatable bonds is 43. The van der Waals surface area contributed by atoms with E-state index in [4.69, 9.17) is 14.2 Å². The number of esters is 3. The van der Waals surface area contributed by atoms with Crippen LogP contribution in [0.15, 0.2) is 36.5 Å². The predicted molar refractivity (Wildman–Crippen MR) is 238 cm³/mol. The molecular formula is C50H90O6. The quantitative estimate of drug-likeness (QED) is 0.0265. The molecule has 6 nitrogen and oxygen atoms in total. The van der Waals surface area contributed by atoms with Crippen molar-refractivity contribution in [2.45, 2.75) is 252 Å². The van der Waals surface area contributed by atoms with Gasteiger partial charge in [-0.05, 0) is 77.0 Å². The van der Waals surface area contributed by atoms with Crippen molar-refractivity contribution in [3.63, 3.8) is 0 Å². The molecule has 0 N–H and O–H groups in total. The van der Waals surface area contributed by atoms with E-state index in [2.05, 4.69) is 57.2 Å². The van der Waals surface area contributed by atoms with Crippen molar-refractivity contribution in [3.05, 3.63) is 36.5 Å². The van der Waals surface area contributed by atoms with Gasteiger partial charge in [0.05, 0.1) is 0 Å². The third-order valence-electron chi connectivity index (χ3n) is 10.4. The van der Waals surface area contributed by atoms with Gasteiger partial charge < -0.3 is 14.2 Å². The van der Waals surface area contributed by atoms with Gasteiger partial charge in [0.2, 0.25) is 0 Å². The maximum atomic E-state index is 12.7. The number of allylic oxidation sites excluding steroid dienone is 6. The molecule has 1 atom stereocenters. The van der Waals surface area contributed by atoms with E-state index >= 15 is 0 Å². The first-order chi connectivity index (χ1) is 27.5. The lowest BCUT2D eigenvalue weighted by Gasteiger charge is -2.18. The summed E-state index contributed by atoms with van der Waals surface area (Å²) in [5, 5.41) is 0. The molecule has 0 heterocycles. The molecule has 0 saturated carbocycles. The Hall–Kier alpha value is -2.37. The highest BCUT2D eigenvalue weighted by molar-refractivity contribution is 5.71. The van der Waals surface area contributed by atoms with Gasteiger partial charge in [0.15, 0.2) is 6.10 Å². The van der Waals surface area contributed by atoms with Gasteiger partial charge in [0.25, 0.3) is 0 Å². The molecule has 0 aromatic rings. The third-order valence-corrected chi connectivity index (χ3v) is 10.4. The molecule has 0 aromatic heterocycles. The maximum absolute atomic E-state index is 12.7. The van der Waals surface area contributed by atoms with Gasteiger partial charge in [-0.2, -0.15) is 0 Å². The Morgan fingerprint density at radius 3 is 1.02 bits per heavy atom. The molecule has 0 fully saturated rings. The molecule has 0 spiro atoms. The molecule has 0 saturated heterocycles. The van der Waals surface area contributed by atoms with E-state index in [0.29, 0.717) is 19.3 Å². The molecule has 0 aliphatic heterocycles. The van der Waals surface area contributed by atoms with Gasteiger partial charge in [0.1, 0.15) is 13.2 Å². The molecule has 0 rings (SSSR count). The Kier molecular flexibility index (Phi) is 43.4. The van der Waals surface area contributed by atoms with Crippen LogP contribution >= 0.6 is 0 Å². The van der Waals surface area contributed by atoms with Gasteiger partial charge in [-0.1, -0.05) is 186 Å². The second-order valence-corrected chi connectivity index (χ2v) is 16.0. The summed E-state index contributed by atoms with van der Waals surface area (Å²) in [5.74, 6) is -0.907. The predicted octanol–water partition coefficient (Wildman–Crippen LogP) is 15.4. The van der Waals surface area contributed by atoms with E-state index in [0.717, 1.165) is 89.9 Å². The lowest BCUT2D eigenvalue weighted by atomic mass is 10.1. The fourth-order valence-corrected chi connectivity index (χ4v) is 6.70. The average Bonchev–Trinajstić information content (AvgIpc) is 3.19. The molecule has 0 aliphatic carbocycles. The fraction of sp³-hybridized carbons (Fsp3) is 0.820. The van der Waals surface area contributed by atoms with E-state index in [9.17, 15) is 14.4 Å². The first-order valence-electron chi connectivity index (χ1n) is 24.0. The molecule has 0 amide bonds. The van der Waals surface area contributed by atoms with Crippen LogP contribution < -0.4 is 0 Å². The van der Waals surface area contributed by atoms with Gasteiger partial charge in [-0.3, -0.25) is 14.4 Å². The van der Waals surface area contributed by atoms with Crippen LogP contribution in [0.25, 0.3) is 0 Å². The number of unbranched alkanes of at least 4 members (excludes halogenated alkanes) is 26. The van der Waals surface area contributed by atoms with Gasteiger partial charge >= 0.3 is 17.9 Å². The van der Waals surface area contributed by atoms with Crippen molar-refractivity contribution >= 4 is 17.9 Å². The summed E-state index contributed by atoms with van der Waals surface area (Å²) in [5.41, 5.74) is 0.